The van der Waals surface area contributed by atoms with Crippen molar-refractivity contribution in [2.75, 3.05) is 5.32 Å². The Morgan fingerprint density at radius 1 is 1.09 bits per heavy atom. The highest BCUT2D eigenvalue weighted by Crippen LogP contribution is 2.34. The van der Waals surface area contributed by atoms with E-state index in [4.69, 9.17) is 0 Å². The summed E-state index contributed by atoms with van der Waals surface area (Å²) in [5, 5.41) is 3.83. The highest BCUT2D eigenvalue weighted by atomic mass is 35.5. The fourth-order valence-electron chi connectivity index (χ4n) is 2.17. The fraction of sp³-hybridized carbons (Fsp3) is 0.200. The second-order valence-corrected chi connectivity index (χ2v) is 6.04. The van der Waals surface area contributed by atoms with Crippen LogP contribution in [0.4, 0.5) is 20.3 Å². The lowest BCUT2D eigenvalue weighted by Crippen LogP contribution is -2.00. The molecule has 22 heavy (non-hydrogen) atoms. The number of fused-ring (bicyclic) bond motifs is 1. The molecule has 0 aliphatic heterocycles. The molecular weight excluding hydrogens is 328 g/mol. The van der Waals surface area contributed by atoms with E-state index in [1.54, 1.807) is 18.3 Å². The van der Waals surface area contributed by atoms with Crippen LogP contribution >= 0.6 is 23.7 Å². The Morgan fingerprint density at radius 3 is 2.50 bits per heavy atom. The second-order valence-electron chi connectivity index (χ2n) is 4.83. The van der Waals surface area contributed by atoms with Gasteiger partial charge in [0.05, 0.1) is 11.1 Å². The molecule has 0 saturated heterocycles. The molecule has 0 aliphatic rings. The van der Waals surface area contributed by atoms with Gasteiger partial charge in [-0.1, -0.05) is 0 Å². The quantitative estimate of drug-likeness (QED) is 0.708. The molecule has 2 heterocycles. The van der Waals surface area contributed by atoms with Gasteiger partial charge in [0.15, 0.2) is 0 Å². The standard InChI is InChI=1S/C15H13F2N3S.ClH/c1-7-8(2)21-15-13(7)14(18-9(3)19-15)20-12-5-4-10(16)6-11(12)17;/h4-6H,1-3H3,(H,18,19,20);1H. The van der Waals surface area contributed by atoms with Gasteiger partial charge in [-0.05, 0) is 38.5 Å². The van der Waals surface area contributed by atoms with Crippen LogP contribution in [0.2, 0.25) is 0 Å². The molecule has 7 heteroatoms. The summed E-state index contributed by atoms with van der Waals surface area (Å²) in [6, 6.07) is 3.42. The molecule has 1 aromatic carbocycles. The van der Waals surface area contributed by atoms with E-state index in [-0.39, 0.29) is 18.1 Å². The van der Waals surface area contributed by atoms with E-state index >= 15 is 0 Å². The molecular formula is C15H14ClF2N3S. The fourth-order valence-corrected chi connectivity index (χ4v) is 3.24. The van der Waals surface area contributed by atoms with Crippen LogP contribution in [-0.4, -0.2) is 9.97 Å². The molecule has 1 N–H and O–H groups in total. The average molecular weight is 342 g/mol. The molecule has 3 aromatic rings. The lowest BCUT2D eigenvalue weighted by molar-refractivity contribution is 0.586. The molecule has 0 aliphatic carbocycles. The van der Waals surface area contributed by atoms with Gasteiger partial charge in [-0.3, -0.25) is 0 Å². The van der Waals surface area contributed by atoms with E-state index in [1.807, 2.05) is 13.8 Å². The number of nitrogens with zero attached hydrogens (tertiary/aromatic N) is 2. The highest BCUT2D eigenvalue weighted by Gasteiger charge is 2.14. The largest absolute Gasteiger partial charge is 0.337 e. The predicted octanol–water partition coefficient (Wildman–Crippen LogP) is 5.06. The number of aromatic nitrogens is 2. The smallest absolute Gasteiger partial charge is 0.149 e. The van der Waals surface area contributed by atoms with Crippen molar-refractivity contribution in [2.24, 2.45) is 0 Å². The molecule has 0 spiro atoms. The number of rotatable bonds is 2. The van der Waals surface area contributed by atoms with Crippen LogP contribution in [0.15, 0.2) is 18.2 Å². The molecule has 0 atom stereocenters. The van der Waals surface area contributed by atoms with Crippen molar-refractivity contribution in [1.82, 2.24) is 9.97 Å². The molecule has 2 aromatic heterocycles. The van der Waals surface area contributed by atoms with E-state index < -0.39 is 11.6 Å². The Labute approximate surface area is 136 Å². The molecule has 3 nitrogen and oxygen atoms in total. The molecule has 116 valence electrons. The minimum atomic E-state index is -0.649. The van der Waals surface area contributed by atoms with Crippen molar-refractivity contribution in [3.63, 3.8) is 0 Å². The van der Waals surface area contributed by atoms with Crippen molar-refractivity contribution in [1.29, 1.82) is 0 Å². The van der Waals surface area contributed by atoms with Gasteiger partial charge in [0.25, 0.3) is 0 Å². The maximum Gasteiger partial charge on any atom is 0.149 e. The van der Waals surface area contributed by atoms with Gasteiger partial charge in [0, 0.05) is 10.9 Å². The number of nitrogens with one attached hydrogen (secondary N) is 1. The van der Waals surface area contributed by atoms with Gasteiger partial charge in [0.2, 0.25) is 0 Å². The first-order valence-corrected chi connectivity index (χ1v) is 7.24. The van der Waals surface area contributed by atoms with Gasteiger partial charge in [0.1, 0.15) is 28.1 Å². The summed E-state index contributed by atoms with van der Waals surface area (Å²) < 4.78 is 26.8. The minimum Gasteiger partial charge on any atom is -0.337 e. The molecule has 0 radical (unpaired) electrons. The Balaban J connectivity index is 0.00000176. The maximum atomic E-state index is 13.8. The Kier molecular flexibility index (Phi) is 4.63. The molecule has 0 unspecified atom stereocenters. The number of aryl methyl sites for hydroxylation is 3. The van der Waals surface area contributed by atoms with Crippen LogP contribution in [0, 0.1) is 32.4 Å². The van der Waals surface area contributed by atoms with Crippen molar-refractivity contribution in [3.8, 4) is 0 Å². The number of thiophene rings is 1. The van der Waals surface area contributed by atoms with E-state index in [9.17, 15) is 8.78 Å². The Bertz CT molecular complexity index is 848. The summed E-state index contributed by atoms with van der Waals surface area (Å²) in [6.07, 6.45) is 0. The summed E-state index contributed by atoms with van der Waals surface area (Å²) in [7, 11) is 0. The van der Waals surface area contributed by atoms with E-state index in [0.29, 0.717) is 11.6 Å². The summed E-state index contributed by atoms with van der Waals surface area (Å²) >= 11 is 1.58. The number of hydrogen-bond acceptors (Lipinski definition) is 4. The molecule has 3 rings (SSSR count). The Hall–Kier alpha value is -1.79. The minimum absolute atomic E-state index is 0. The monoisotopic (exact) mass is 341 g/mol. The van der Waals surface area contributed by atoms with Crippen LogP contribution < -0.4 is 5.32 Å². The first-order chi connectivity index (χ1) is 9.95. The van der Waals surface area contributed by atoms with E-state index in [1.165, 1.54) is 12.1 Å². The number of anilines is 2. The highest BCUT2D eigenvalue weighted by molar-refractivity contribution is 7.18. The first-order valence-electron chi connectivity index (χ1n) is 6.42. The van der Waals surface area contributed by atoms with Crippen LogP contribution in [0.3, 0.4) is 0 Å². The van der Waals surface area contributed by atoms with Gasteiger partial charge in [-0.2, -0.15) is 0 Å². The van der Waals surface area contributed by atoms with Gasteiger partial charge < -0.3 is 5.32 Å². The van der Waals surface area contributed by atoms with Gasteiger partial charge in [-0.15, -0.1) is 23.7 Å². The number of hydrogen-bond donors (Lipinski definition) is 1. The lowest BCUT2D eigenvalue weighted by Gasteiger charge is -2.09. The van der Waals surface area contributed by atoms with Crippen LogP contribution in [0.25, 0.3) is 10.2 Å². The third-order valence-electron chi connectivity index (χ3n) is 3.32. The van der Waals surface area contributed by atoms with Crippen molar-refractivity contribution < 1.29 is 8.78 Å². The zero-order valence-electron chi connectivity index (χ0n) is 12.2. The molecule has 0 saturated carbocycles. The molecule has 0 fully saturated rings. The van der Waals surface area contributed by atoms with Crippen molar-refractivity contribution in [2.45, 2.75) is 20.8 Å². The van der Waals surface area contributed by atoms with Crippen LogP contribution in [0.1, 0.15) is 16.3 Å². The molecule has 0 bridgehead atoms. The normalized spacial score (nSPS) is 10.6. The summed E-state index contributed by atoms with van der Waals surface area (Å²) in [6.45, 7) is 5.79. The molecule has 0 amide bonds. The predicted molar refractivity (Wildman–Crippen MR) is 88.5 cm³/mol. The van der Waals surface area contributed by atoms with Crippen molar-refractivity contribution in [3.05, 3.63) is 46.1 Å². The zero-order valence-corrected chi connectivity index (χ0v) is 13.8. The third-order valence-corrected chi connectivity index (χ3v) is 4.43. The topological polar surface area (TPSA) is 37.8 Å². The van der Waals surface area contributed by atoms with Gasteiger partial charge in [-0.25, -0.2) is 18.7 Å². The van der Waals surface area contributed by atoms with Gasteiger partial charge >= 0.3 is 0 Å². The Morgan fingerprint density at radius 2 is 1.82 bits per heavy atom. The number of halogens is 3. The van der Waals surface area contributed by atoms with Crippen LogP contribution in [-0.2, 0) is 0 Å². The second kappa shape index (κ2) is 6.14. The summed E-state index contributed by atoms with van der Waals surface area (Å²) in [5.41, 5.74) is 1.26. The van der Waals surface area contributed by atoms with Crippen molar-refractivity contribution >= 4 is 45.5 Å². The first kappa shape index (κ1) is 16.6. The lowest BCUT2D eigenvalue weighted by atomic mass is 10.2. The van der Waals surface area contributed by atoms with Crippen LogP contribution in [0.5, 0.6) is 0 Å². The third kappa shape index (κ3) is 2.89. The van der Waals surface area contributed by atoms with E-state index in [2.05, 4.69) is 15.3 Å². The summed E-state index contributed by atoms with van der Waals surface area (Å²) in [5.74, 6) is -0.104. The number of benzene rings is 1. The SMILES string of the molecule is Cc1nc(Nc2ccc(F)cc2F)c2c(C)c(C)sc2n1.Cl. The van der Waals surface area contributed by atoms with E-state index in [0.717, 1.165) is 26.7 Å². The summed E-state index contributed by atoms with van der Waals surface area (Å²) in [4.78, 5) is 10.8. The average Bonchev–Trinajstić information content (AvgIpc) is 2.68. The zero-order chi connectivity index (χ0) is 15.1. The maximum absolute atomic E-state index is 13.8.